The average Bonchev–Trinajstić information content (AvgIpc) is 2.67. The highest BCUT2D eigenvalue weighted by Gasteiger charge is 2.31. The Morgan fingerprint density at radius 3 is 2.64 bits per heavy atom. The molecule has 0 bridgehead atoms. The van der Waals surface area contributed by atoms with Crippen molar-refractivity contribution in [2.75, 3.05) is 7.11 Å². The molecule has 0 aliphatic carbocycles. The number of phenols is 1. The van der Waals surface area contributed by atoms with Gasteiger partial charge in [0.25, 0.3) is 5.91 Å². The van der Waals surface area contributed by atoms with Crippen LogP contribution in [-0.2, 0) is 27.1 Å². The first-order valence-electron chi connectivity index (χ1n) is 8.89. The molecule has 3 rings (SSSR count). The average molecular weight is 383 g/mol. The number of hydrogen-bond donors (Lipinski definition) is 2. The van der Waals surface area contributed by atoms with E-state index in [0.717, 1.165) is 5.56 Å². The number of carbonyl (C=O) groups is 3. The number of nitrogens with one attached hydrogen (secondary N) is 1. The largest absolute Gasteiger partial charge is 0.506 e. The van der Waals surface area contributed by atoms with E-state index in [4.69, 9.17) is 9.47 Å². The van der Waals surface area contributed by atoms with Crippen LogP contribution in [0.3, 0.4) is 0 Å². The Balaban J connectivity index is 1.85. The minimum absolute atomic E-state index is 0.0107. The lowest BCUT2D eigenvalue weighted by molar-refractivity contribution is -0.142. The molecule has 1 aliphatic rings. The third kappa shape index (κ3) is 3.98. The summed E-state index contributed by atoms with van der Waals surface area (Å²) in [6, 6.07) is 11.3. The van der Waals surface area contributed by atoms with Crippen LogP contribution >= 0.6 is 0 Å². The van der Waals surface area contributed by atoms with Gasteiger partial charge in [0.15, 0.2) is 0 Å². The Bertz CT molecular complexity index is 909. The number of fused-ring (bicyclic) bond motifs is 1. The van der Waals surface area contributed by atoms with Crippen LogP contribution in [0.1, 0.15) is 38.8 Å². The van der Waals surface area contributed by atoms with Gasteiger partial charge in [-0.05, 0) is 24.1 Å². The zero-order valence-electron chi connectivity index (χ0n) is 15.6. The molecule has 0 spiro atoms. The summed E-state index contributed by atoms with van der Waals surface area (Å²) in [6.45, 7) is 1.75. The molecule has 0 saturated carbocycles. The number of phenolic OH excluding ortho intramolecular Hbond substituents is 1. The maximum absolute atomic E-state index is 12.7. The molecule has 28 heavy (non-hydrogen) atoms. The molecule has 2 aromatic rings. The van der Waals surface area contributed by atoms with E-state index in [1.807, 2.05) is 30.3 Å². The number of amides is 1. The number of esters is 2. The molecule has 1 unspecified atom stereocenters. The molecule has 0 aromatic heterocycles. The van der Waals surface area contributed by atoms with Crippen molar-refractivity contribution in [1.82, 2.24) is 5.32 Å². The highest BCUT2D eigenvalue weighted by Crippen LogP contribution is 2.31. The van der Waals surface area contributed by atoms with Crippen LogP contribution in [0.15, 0.2) is 42.5 Å². The van der Waals surface area contributed by atoms with Gasteiger partial charge in [-0.15, -0.1) is 0 Å². The van der Waals surface area contributed by atoms with E-state index >= 15 is 0 Å². The van der Waals surface area contributed by atoms with Crippen LogP contribution in [0.25, 0.3) is 0 Å². The fourth-order valence-electron chi connectivity index (χ4n) is 3.23. The number of hydrogen-bond acceptors (Lipinski definition) is 6. The van der Waals surface area contributed by atoms with Gasteiger partial charge in [-0.1, -0.05) is 36.4 Å². The maximum atomic E-state index is 12.7. The summed E-state index contributed by atoms with van der Waals surface area (Å²) in [7, 11) is 1.24. The van der Waals surface area contributed by atoms with Crippen molar-refractivity contribution < 1.29 is 29.0 Å². The van der Waals surface area contributed by atoms with Crippen LogP contribution in [0.5, 0.6) is 5.75 Å². The third-order valence-corrected chi connectivity index (χ3v) is 4.60. The van der Waals surface area contributed by atoms with Gasteiger partial charge in [-0.25, -0.2) is 9.59 Å². The van der Waals surface area contributed by atoms with Crippen LogP contribution in [0.2, 0.25) is 0 Å². The van der Waals surface area contributed by atoms with E-state index in [1.165, 1.54) is 13.2 Å². The first-order valence-corrected chi connectivity index (χ1v) is 8.89. The van der Waals surface area contributed by atoms with E-state index in [1.54, 1.807) is 13.0 Å². The molecular weight excluding hydrogens is 362 g/mol. The van der Waals surface area contributed by atoms with Gasteiger partial charge in [0.2, 0.25) is 0 Å². The number of ether oxygens (including phenoxy) is 2. The van der Waals surface area contributed by atoms with Crippen LogP contribution in [0, 0.1) is 0 Å². The molecule has 0 saturated heterocycles. The van der Waals surface area contributed by atoms with E-state index in [2.05, 4.69) is 5.32 Å². The zero-order valence-corrected chi connectivity index (χ0v) is 15.6. The predicted octanol–water partition coefficient (Wildman–Crippen LogP) is 2.01. The van der Waals surface area contributed by atoms with Crippen LogP contribution in [0.4, 0.5) is 0 Å². The lowest BCUT2D eigenvalue weighted by Crippen LogP contribution is -2.43. The topological polar surface area (TPSA) is 102 Å². The SMILES string of the molecule is COC(=O)[C@H](Cc1ccccc1)NC(=O)c1ccc2c(c1O)C(=O)OC(C)C2. The van der Waals surface area contributed by atoms with Crippen molar-refractivity contribution >= 4 is 17.8 Å². The summed E-state index contributed by atoms with van der Waals surface area (Å²) in [5, 5.41) is 13.1. The highest BCUT2D eigenvalue weighted by molar-refractivity contribution is 6.04. The molecule has 146 valence electrons. The van der Waals surface area contributed by atoms with Gasteiger partial charge >= 0.3 is 11.9 Å². The number of aromatic hydroxyl groups is 1. The molecule has 2 atom stereocenters. The van der Waals surface area contributed by atoms with Crippen LogP contribution in [-0.4, -0.2) is 42.2 Å². The number of carbonyl (C=O) groups excluding carboxylic acids is 3. The molecule has 0 radical (unpaired) electrons. The molecular formula is C21H21NO6. The van der Waals surface area contributed by atoms with Crippen molar-refractivity contribution in [2.45, 2.75) is 31.9 Å². The number of benzene rings is 2. The molecule has 7 heteroatoms. The summed E-state index contributed by atoms with van der Waals surface area (Å²) < 4.78 is 9.92. The Hall–Kier alpha value is -3.35. The molecule has 2 aromatic carbocycles. The molecule has 2 N–H and O–H groups in total. The number of cyclic esters (lactones) is 1. The number of methoxy groups -OCH3 is 1. The minimum Gasteiger partial charge on any atom is -0.506 e. The molecule has 1 amide bonds. The first kappa shape index (κ1) is 19.4. The molecule has 0 fully saturated rings. The van der Waals surface area contributed by atoms with Gasteiger partial charge < -0.3 is 19.9 Å². The second kappa shape index (κ2) is 8.12. The van der Waals surface area contributed by atoms with Gasteiger partial charge in [0.1, 0.15) is 23.5 Å². The Labute approximate surface area is 162 Å². The van der Waals surface area contributed by atoms with E-state index in [-0.39, 0.29) is 23.7 Å². The summed E-state index contributed by atoms with van der Waals surface area (Å²) >= 11 is 0. The van der Waals surface area contributed by atoms with E-state index in [9.17, 15) is 19.5 Å². The standard InChI is InChI=1S/C21H21NO6/c1-12-10-14-8-9-15(18(23)17(14)21(26)28-12)19(24)22-16(20(25)27-2)11-13-6-4-3-5-7-13/h3-9,12,16,23H,10-11H2,1-2H3,(H,22,24)/t12?,16-/m0/s1. The minimum atomic E-state index is -0.942. The number of rotatable bonds is 5. The van der Waals surface area contributed by atoms with Gasteiger partial charge in [0, 0.05) is 12.8 Å². The van der Waals surface area contributed by atoms with Crippen molar-refractivity contribution in [3.05, 3.63) is 64.7 Å². The fourth-order valence-corrected chi connectivity index (χ4v) is 3.23. The normalized spacial score (nSPS) is 16.5. The monoisotopic (exact) mass is 383 g/mol. The van der Waals surface area contributed by atoms with Crippen LogP contribution < -0.4 is 5.32 Å². The smallest absolute Gasteiger partial charge is 0.342 e. The zero-order chi connectivity index (χ0) is 20.3. The van der Waals surface area contributed by atoms with E-state index in [0.29, 0.717) is 12.0 Å². The highest BCUT2D eigenvalue weighted by atomic mass is 16.5. The Morgan fingerprint density at radius 2 is 1.96 bits per heavy atom. The van der Waals surface area contributed by atoms with Gasteiger partial charge in [0.05, 0.1) is 12.7 Å². The second-order valence-corrected chi connectivity index (χ2v) is 6.65. The van der Waals surface area contributed by atoms with Crippen molar-refractivity contribution in [2.24, 2.45) is 0 Å². The summed E-state index contributed by atoms with van der Waals surface area (Å²) in [4.78, 5) is 36.9. The van der Waals surface area contributed by atoms with Gasteiger partial charge in [-0.2, -0.15) is 0 Å². The quantitative estimate of drug-likeness (QED) is 0.766. The first-order chi connectivity index (χ1) is 13.4. The van der Waals surface area contributed by atoms with Crippen molar-refractivity contribution in [3.8, 4) is 5.75 Å². The molecule has 1 heterocycles. The second-order valence-electron chi connectivity index (χ2n) is 6.65. The molecule has 7 nitrogen and oxygen atoms in total. The fraction of sp³-hybridized carbons (Fsp3) is 0.286. The summed E-state index contributed by atoms with van der Waals surface area (Å²) in [5.74, 6) is -2.41. The van der Waals surface area contributed by atoms with Crippen molar-refractivity contribution in [1.29, 1.82) is 0 Å². The lowest BCUT2D eigenvalue weighted by Gasteiger charge is -2.23. The lowest BCUT2D eigenvalue weighted by atomic mass is 9.95. The molecule has 1 aliphatic heterocycles. The van der Waals surface area contributed by atoms with Crippen molar-refractivity contribution in [3.63, 3.8) is 0 Å². The summed E-state index contributed by atoms with van der Waals surface area (Å²) in [6.07, 6.45) is 0.383. The Kier molecular flexibility index (Phi) is 5.63. The van der Waals surface area contributed by atoms with Gasteiger partial charge in [-0.3, -0.25) is 4.79 Å². The van der Waals surface area contributed by atoms with E-state index < -0.39 is 29.6 Å². The third-order valence-electron chi connectivity index (χ3n) is 4.60. The Morgan fingerprint density at radius 1 is 1.25 bits per heavy atom. The predicted molar refractivity (Wildman–Crippen MR) is 100 cm³/mol. The maximum Gasteiger partial charge on any atom is 0.342 e. The summed E-state index contributed by atoms with van der Waals surface area (Å²) in [5.41, 5.74) is 1.34.